The van der Waals surface area contributed by atoms with Crippen LogP contribution in [0.4, 0.5) is 29.1 Å². The summed E-state index contributed by atoms with van der Waals surface area (Å²) in [5, 5.41) is 5.94. The minimum atomic E-state index is -4.59. The molecular formula is C19H19F4N5O. The van der Waals surface area contributed by atoms with Crippen LogP contribution in [0.5, 0.6) is 0 Å². The Hall–Kier alpha value is -3.43. The Bertz CT molecular complexity index is 997. The second-order valence-corrected chi connectivity index (χ2v) is 5.63. The van der Waals surface area contributed by atoms with Gasteiger partial charge in [-0.2, -0.15) is 18.3 Å². The number of pyridine rings is 1. The lowest BCUT2D eigenvalue weighted by Gasteiger charge is -2.08. The first kappa shape index (κ1) is 21.9. The molecule has 3 rings (SSSR count). The molecule has 0 aliphatic carbocycles. The lowest BCUT2D eigenvalue weighted by atomic mass is 10.1. The molecular weight excluding hydrogens is 390 g/mol. The minimum absolute atomic E-state index is 0.0428. The van der Waals surface area contributed by atoms with Gasteiger partial charge in [-0.1, -0.05) is 13.8 Å². The molecule has 0 saturated heterocycles. The molecule has 0 fully saturated rings. The number of amides is 1. The van der Waals surface area contributed by atoms with Crippen LogP contribution in [-0.4, -0.2) is 20.7 Å². The van der Waals surface area contributed by atoms with Gasteiger partial charge in [0.15, 0.2) is 5.69 Å². The first-order valence-corrected chi connectivity index (χ1v) is 8.60. The molecule has 6 nitrogen and oxygen atoms in total. The van der Waals surface area contributed by atoms with Crippen molar-refractivity contribution < 1.29 is 22.4 Å². The first-order valence-electron chi connectivity index (χ1n) is 8.60. The molecule has 3 N–H and O–H groups in total. The third-order valence-corrected chi connectivity index (χ3v) is 3.71. The molecule has 2 heterocycles. The van der Waals surface area contributed by atoms with E-state index < -0.39 is 23.6 Å². The Labute approximate surface area is 164 Å². The Morgan fingerprint density at radius 3 is 2.24 bits per heavy atom. The molecule has 0 saturated carbocycles. The average Bonchev–Trinajstić information content (AvgIpc) is 3.07. The molecule has 2 aromatic heterocycles. The van der Waals surface area contributed by atoms with Crippen molar-refractivity contribution in [3.63, 3.8) is 0 Å². The largest absolute Gasteiger partial charge is 0.435 e. The SMILES string of the molecule is CC.Cn1nc(C(F)(F)F)cc1-c1ccc(C(=O)Nc2ccc(F)cc2)nc1N. The minimum Gasteiger partial charge on any atom is -0.383 e. The van der Waals surface area contributed by atoms with Crippen molar-refractivity contribution in [3.8, 4) is 11.3 Å². The van der Waals surface area contributed by atoms with Crippen molar-refractivity contribution >= 4 is 17.4 Å². The van der Waals surface area contributed by atoms with E-state index in [4.69, 9.17) is 5.73 Å². The van der Waals surface area contributed by atoms with Crippen LogP contribution in [0.2, 0.25) is 0 Å². The molecule has 1 aromatic carbocycles. The quantitative estimate of drug-likeness (QED) is 0.624. The highest BCUT2D eigenvalue weighted by molar-refractivity contribution is 6.03. The monoisotopic (exact) mass is 409 g/mol. The van der Waals surface area contributed by atoms with Gasteiger partial charge in [0, 0.05) is 18.3 Å². The zero-order valence-electron chi connectivity index (χ0n) is 15.9. The van der Waals surface area contributed by atoms with Gasteiger partial charge in [-0.25, -0.2) is 9.37 Å². The standard InChI is InChI=1S/C17H13F4N5O.C2H6/c1-26-13(8-14(25-26)17(19,20)21)11-6-7-12(24-15(11)22)16(27)23-10-4-2-9(18)3-5-10;1-2/h2-8H,1H3,(H2,22,24)(H,23,27);1-2H3. The average molecular weight is 409 g/mol. The van der Waals surface area contributed by atoms with E-state index in [2.05, 4.69) is 15.4 Å². The normalized spacial score (nSPS) is 10.9. The summed E-state index contributed by atoms with van der Waals surface area (Å²) in [6, 6.07) is 8.68. The molecule has 0 radical (unpaired) electrons. The number of alkyl halides is 3. The van der Waals surface area contributed by atoms with E-state index in [-0.39, 0.29) is 22.8 Å². The van der Waals surface area contributed by atoms with Gasteiger partial charge in [0.1, 0.15) is 17.3 Å². The van der Waals surface area contributed by atoms with Crippen LogP contribution in [0.3, 0.4) is 0 Å². The number of carbonyl (C=O) groups excluding carboxylic acids is 1. The topological polar surface area (TPSA) is 85.8 Å². The molecule has 0 aliphatic heterocycles. The first-order chi connectivity index (χ1) is 13.6. The van der Waals surface area contributed by atoms with Crippen LogP contribution < -0.4 is 11.1 Å². The van der Waals surface area contributed by atoms with Gasteiger partial charge in [-0.15, -0.1) is 0 Å². The fraction of sp³-hybridized carbons (Fsp3) is 0.211. The number of nitrogens with zero attached hydrogens (tertiary/aromatic N) is 3. The third kappa shape index (κ3) is 5.09. The number of halogens is 4. The molecule has 0 atom stereocenters. The van der Waals surface area contributed by atoms with Crippen LogP contribution in [0.15, 0.2) is 42.5 Å². The molecule has 3 aromatic rings. The second-order valence-electron chi connectivity index (χ2n) is 5.63. The summed E-state index contributed by atoms with van der Waals surface area (Å²) in [5.74, 6) is -1.17. The van der Waals surface area contributed by atoms with Gasteiger partial charge in [-0.05, 0) is 42.5 Å². The van der Waals surface area contributed by atoms with E-state index in [9.17, 15) is 22.4 Å². The van der Waals surface area contributed by atoms with Crippen LogP contribution in [-0.2, 0) is 13.2 Å². The number of nitrogens with one attached hydrogen (secondary N) is 1. The van der Waals surface area contributed by atoms with Crippen LogP contribution in [0, 0.1) is 5.82 Å². The van der Waals surface area contributed by atoms with Crippen molar-refractivity contribution in [2.45, 2.75) is 20.0 Å². The summed E-state index contributed by atoms with van der Waals surface area (Å²) in [7, 11) is 1.35. The van der Waals surface area contributed by atoms with Crippen molar-refractivity contribution in [2.75, 3.05) is 11.1 Å². The Morgan fingerprint density at radius 1 is 1.10 bits per heavy atom. The molecule has 0 spiro atoms. The number of hydrogen-bond acceptors (Lipinski definition) is 4. The zero-order chi connectivity index (χ0) is 21.8. The molecule has 0 aliphatic rings. The predicted octanol–water partition coefficient (Wildman–Crippen LogP) is 4.50. The number of rotatable bonds is 3. The van der Waals surface area contributed by atoms with E-state index in [0.717, 1.165) is 10.7 Å². The van der Waals surface area contributed by atoms with E-state index in [1.807, 2.05) is 13.8 Å². The lowest BCUT2D eigenvalue weighted by molar-refractivity contribution is -0.141. The van der Waals surface area contributed by atoms with E-state index in [1.165, 1.54) is 43.4 Å². The van der Waals surface area contributed by atoms with Gasteiger partial charge in [-0.3, -0.25) is 9.48 Å². The molecule has 1 amide bonds. The number of aryl methyl sites for hydroxylation is 1. The number of aromatic nitrogens is 3. The van der Waals surface area contributed by atoms with E-state index in [0.29, 0.717) is 5.69 Å². The summed E-state index contributed by atoms with van der Waals surface area (Å²) in [5.41, 5.74) is 5.40. The molecule has 0 unspecified atom stereocenters. The van der Waals surface area contributed by atoms with Gasteiger partial charge in [0.05, 0.1) is 5.69 Å². The number of benzene rings is 1. The van der Waals surface area contributed by atoms with E-state index >= 15 is 0 Å². The maximum Gasteiger partial charge on any atom is 0.435 e. The van der Waals surface area contributed by atoms with E-state index in [1.54, 1.807) is 0 Å². The van der Waals surface area contributed by atoms with Crippen molar-refractivity contribution in [1.82, 2.24) is 14.8 Å². The second kappa shape index (κ2) is 8.72. The molecule has 154 valence electrons. The van der Waals surface area contributed by atoms with Crippen molar-refractivity contribution in [2.24, 2.45) is 7.05 Å². The van der Waals surface area contributed by atoms with Crippen LogP contribution >= 0.6 is 0 Å². The molecule has 0 bridgehead atoms. The van der Waals surface area contributed by atoms with Crippen molar-refractivity contribution in [1.29, 1.82) is 0 Å². The number of nitrogens with two attached hydrogens (primary N) is 1. The van der Waals surface area contributed by atoms with Crippen LogP contribution in [0.25, 0.3) is 11.3 Å². The summed E-state index contributed by atoms with van der Waals surface area (Å²) < 4.78 is 52.3. The number of hydrogen-bond donors (Lipinski definition) is 2. The predicted molar refractivity (Wildman–Crippen MR) is 102 cm³/mol. The smallest absolute Gasteiger partial charge is 0.383 e. The number of nitrogen functional groups attached to an aromatic ring is 1. The highest BCUT2D eigenvalue weighted by atomic mass is 19.4. The Kier molecular flexibility index (Phi) is 6.57. The highest BCUT2D eigenvalue weighted by Crippen LogP contribution is 2.32. The Morgan fingerprint density at radius 2 is 1.72 bits per heavy atom. The Balaban J connectivity index is 0.00000145. The number of anilines is 2. The maximum absolute atomic E-state index is 12.9. The molecule has 29 heavy (non-hydrogen) atoms. The summed E-state index contributed by atoms with van der Waals surface area (Å²) in [6.07, 6.45) is -4.59. The summed E-state index contributed by atoms with van der Waals surface area (Å²) >= 11 is 0. The van der Waals surface area contributed by atoms with Gasteiger partial charge in [0.25, 0.3) is 5.91 Å². The van der Waals surface area contributed by atoms with Gasteiger partial charge < -0.3 is 11.1 Å². The fourth-order valence-corrected chi connectivity index (χ4v) is 2.40. The maximum atomic E-state index is 12.9. The zero-order valence-corrected chi connectivity index (χ0v) is 15.9. The van der Waals surface area contributed by atoms with Crippen LogP contribution in [0.1, 0.15) is 30.0 Å². The van der Waals surface area contributed by atoms with Crippen molar-refractivity contribution in [3.05, 3.63) is 59.7 Å². The van der Waals surface area contributed by atoms with Gasteiger partial charge in [0.2, 0.25) is 0 Å². The number of carbonyl (C=O) groups is 1. The van der Waals surface area contributed by atoms with Gasteiger partial charge >= 0.3 is 6.18 Å². The summed E-state index contributed by atoms with van der Waals surface area (Å²) in [6.45, 7) is 4.00. The highest BCUT2D eigenvalue weighted by Gasteiger charge is 2.35. The fourth-order valence-electron chi connectivity index (χ4n) is 2.40. The third-order valence-electron chi connectivity index (χ3n) is 3.71. The summed E-state index contributed by atoms with van der Waals surface area (Å²) in [4.78, 5) is 16.2. The molecule has 10 heteroatoms. The lowest BCUT2D eigenvalue weighted by Crippen LogP contribution is -2.14.